The number of nitrogens with zero attached hydrogens (tertiary/aromatic N) is 2. The van der Waals surface area contributed by atoms with E-state index in [1.54, 1.807) is 49.7 Å². The van der Waals surface area contributed by atoms with E-state index in [4.69, 9.17) is 4.74 Å². The van der Waals surface area contributed by atoms with Crippen LogP contribution in [0.1, 0.15) is 22.3 Å². The lowest BCUT2D eigenvalue weighted by Gasteiger charge is -2.20. The number of methoxy groups -OCH3 is 1. The third-order valence-electron chi connectivity index (χ3n) is 3.13. The van der Waals surface area contributed by atoms with E-state index in [9.17, 15) is 9.90 Å². The van der Waals surface area contributed by atoms with Gasteiger partial charge in [-0.15, -0.1) is 0 Å². The molecular formula is C14H12N2O3. The van der Waals surface area contributed by atoms with Crippen molar-refractivity contribution in [2.75, 3.05) is 12.0 Å². The monoisotopic (exact) mass is 256 g/mol. The van der Waals surface area contributed by atoms with E-state index in [-0.39, 0.29) is 5.91 Å². The molecule has 3 rings (SSSR count). The molecule has 1 aliphatic heterocycles. The summed E-state index contributed by atoms with van der Waals surface area (Å²) in [5, 5.41) is 10.2. The second-order valence-corrected chi connectivity index (χ2v) is 4.18. The first kappa shape index (κ1) is 11.7. The number of aliphatic hydroxyl groups is 1. The van der Waals surface area contributed by atoms with Crippen LogP contribution in [0.4, 0.5) is 5.69 Å². The van der Waals surface area contributed by atoms with Gasteiger partial charge in [0.1, 0.15) is 11.4 Å². The molecule has 1 atom stereocenters. The maximum Gasteiger partial charge on any atom is 0.262 e. The van der Waals surface area contributed by atoms with Crippen LogP contribution >= 0.6 is 0 Å². The van der Waals surface area contributed by atoms with E-state index < -0.39 is 6.23 Å². The zero-order valence-corrected chi connectivity index (χ0v) is 10.3. The van der Waals surface area contributed by atoms with Crippen LogP contribution in [0.5, 0.6) is 5.75 Å². The number of aliphatic hydroxyl groups excluding tert-OH is 1. The lowest BCUT2D eigenvalue weighted by atomic mass is 10.2. The predicted octanol–water partition coefficient (Wildman–Crippen LogP) is 1.74. The van der Waals surface area contributed by atoms with Crippen molar-refractivity contribution in [1.82, 2.24) is 4.98 Å². The lowest BCUT2D eigenvalue weighted by molar-refractivity contribution is 0.0933. The summed E-state index contributed by atoms with van der Waals surface area (Å²) >= 11 is 0. The highest BCUT2D eigenvalue weighted by atomic mass is 16.5. The highest BCUT2D eigenvalue weighted by Gasteiger charge is 2.37. The molecule has 0 aliphatic carbocycles. The standard InChI is InChI=1S/C14H12N2O3/c1-19-10-6-4-9(5-7-10)16-13(17)11-3-2-8-15-12(11)14(16)18/h2-8,14,18H,1H3. The van der Waals surface area contributed by atoms with Crippen LogP contribution in [0, 0.1) is 0 Å². The molecule has 1 aromatic carbocycles. The maximum absolute atomic E-state index is 12.3. The van der Waals surface area contributed by atoms with E-state index in [2.05, 4.69) is 4.98 Å². The molecule has 1 aliphatic rings. The molecule has 1 N–H and O–H groups in total. The number of hydrogen-bond acceptors (Lipinski definition) is 4. The highest BCUT2D eigenvalue weighted by Crippen LogP contribution is 2.34. The molecule has 5 heteroatoms. The molecule has 0 spiro atoms. The van der Waals surface area contributed by atoms with Gasteiger partial charge in [0, 0.05) is 11.9 Å². The molecule has 0 bridgehead atoms. The second-order valence-electron chi connectivity index (χ2n) is 4.18. The first-order valence-electron chi connectivity index (χ1n) is 5.83. The summed E-state index contributed by atoms with van der Waals surface area (Å²) in [5.74, 6) is 0.446. The largest absolute Gasteiger partial charge is 0.497 e. The molecule has 96 valence electrons. The first-order valence-corrected chi connectivity index (χ1v) is 5.83. The van der Waals surface area contributed by atoms with Crippen LogP contribution in [0.2, 0.25) is 0 Å². The van der Waals surface area contributed by atoms with Gasteiger partial charge in [0.05, 0.1) is 12.7 Å². The van der Waals surface area contributed by atoms with Gasteiger partial charge in [-0.3, -0.25) is 14.7 Å². The number of amides is 1. The van der Waals surface area contributed by atoms with E-state index in [0.717, 1.165) is 0 Å². The number of rotatable bonds is 2. The number of ether oxygens (including phenoxy) is 1. The third kappa shape index (κ3) is 1.75. The van der Waals surface area contributed by atoms with Crippen molar-refractivity contribution >= 4 is 11.6 Å². The fourth-order valence-corrected chi connectivity index (χ4v) is 2.17. The van der Waals surface area contributed by atoms with Gasteiger partial charge in [0.25, 0.3) is 5.91 Å². The van der Waals surface area contributed by atoms with Crippen molar-refractivity contribution in [2.45, 2.75) is 6.23 Å². The Morgan fingerprint density at radius 3 is 2.63 bits per heavy atom. The van der Waals surface area contributed by atoms with Gasteiger partial charge < -0.3 is 9.84 Å². The quantitative estimate of drug-likeness (QED) is 0.889. The molecule has 0 radical (unpaired) electrons. The molecule has 19 heavy (non-hydrogen) atoms. The van der Waals surface area contributed by atoms with Crippen LogP contribution in [0.25, 0.3) is 0 Å². The molecule has 0 fully saturated rings. The molecule has 0 saturated carbocycles. The minimum absolute atomic E-state index is 0.249. The fourth-order valence-electron chi connectivity index (χ4n) is 2.17. The number of benzene rings is 1. The van der Waals surface area contributed by atoms with E-state index in [1.165, 1.54) is 4.90 Å². The summed E-state index contributed by atoms with van der Waals surface area (Å²) in [6.45, 7) is 0. The fraction of sp³-hybridized carbons (Fsp3) is 0.143. The van der Waals surface area contributed by atoms with Crippen LogP contribution < -0.4 is 9.64 Å². The minimum Gasteiger partial charge on any atom is -0.497 e. The molecule has 1 amide bonds. The maximum atomic E-state index is 12.3. The van der Waals surface area contributed by atoms with E-state index in [1.807, 2.05) is 0 Å². The summed E-state index contributed by atoms with van der Waals surface area (Å²) in [7, 11) is 1.57. The number of fused-ring (bicyclic) bond motifs is 1. The van der Waals surface area contributed by atoms with Gasteiger partial charge in [-0.25, -0.2) is 0 Å². The van der Waals surface area contributed by atoms with Gasteiger partial charge in [0.15, 0.2) is 6.23 Å². The molecule has 2 heterocycles. The zero-order valence-electron chi connectivity index (χ0n) is 10.3. The Labute approximate surface area is 110 Å². The third-order valence-corrected chi connectivity index (χ3v) is 3.13. The smallest absolute Gasteiger partial charge is 0.262 e. The Bertz CT molecular complexity index is 625. The Kier molecular flexibility index (Phi) is 2.68. The lowest BCUT2D eigenvalue weighted by Crippen LogP contribution is -2.27. The molecule has 1 aromatic heterocycles. The summed E-state index contributed by atoms with van der Waals surface area (Å²) in [6.07, 6.45) is 0.518. The average Bonchev–Trinajstić information content (AvgIpc) is 2.72. The number of carbonyl (C=O) groups is 1. The van der Waals surface area contributed by atoms with Crippen molar-refractivity contribution in [3.8, 4) is 5.75 Å². The predicted molar refractivity (Wildman–Crippen MR) is 69.0 cm³/mol. The number of pyridine rings is 1. The van der Waals surface area contributed by atoms with Crippen LogP contribution in [0.3, 0.4) is 0 Å². The van der Waals surface area contributed by atoms with Gasteiger partial charge in [0.2, 0.25) is 0 Å². The van der Waals surface area contributed by atoms with E-state index in [0.29, 0.717) is 22.7 Å². The van der Waals surface area contributed by atoms with Crippen molar-refractivity contribution in [1.29, 1.82) is 0 Å². The van der Waals surface area contributed by atoms with Crippen LogP contribution in [0.15, 0.2) is 42.6 Å². The molecule has 0 saturated heterocycles. The molecular weight excluding hydrogens is 244 g/mol. The molecule has 1 unspecified atom stereocenters. The first-order chi connectivity index (χ1) is 9.22. The number of anilines is 1. The summed E-state index contributed by atoms with van der Waals surface area (Å²) in [4.78, 5) is 17.6. The van der Waals surface area contributed by atoms with Crippen molar-refractivity contribution in [3.05, 3.63) is 53.9 Å². The zero-order chi connectivity index (χ0) is 13.4. The summed E-state index contributed by atoms with van der Waals surface area (Å²) in [5.41, 5.74) is 1.44. The second kappa shape index (κ2) is 4.37. The summed E-state index contributed by atoms with van der Waals surface area (Å²) in [6, 6.07) is 10.3. The Morgan fingerprint density at radius 1 is 1.26 bits per heavy atom. The molecule has 5 nitrogen and oxygen atoms in total. The topological polar surface area (TPSA) is 62.7 Å². The van der Waals surface area contributed by atoms with Crippen molar-refractivity contribution in [2.24, 2.45) is 0 Å². The SMILES string of the molecule is COc1ccc(N2C(=O)c3cccnc3C2O)cc1. The Morgan fingerprint density at radius 2 is 2.00 bits per heavy atom. The van der Waals surface area contributed by atoms with Crippen molar-refractivity contribution in [3.63, 3.8) is 0 Å². The highest BCUT2D eigenvalue weighted by molar-refractivity contribution is 6.10. The average molecular weight is 256 g/mol. The van der Waals surface area contributed by atoms with Crippen LogP contribution in [-0.4, -0.2) is 23.1 Å². The van der Waals surface area contributed by atoms with Crippen LogP contribution in [-0.2, 0) is 0 Å². The summed E-state index contributed by atoms with van der Waals surface area (Å²) < 4.78 is 5.07. The van der Waals surface area contributed by atoms with Gasteiger partial charge in [-0.2, -0.15) is 0 Å². The Hall–Kier alpha value is -2.40. The normalized spacial score (nSPS) is 17.5. The minimum atomic E-state index is -1.04. The van der Waals surface area contributed by atoms with E-state index >= 15 is 0 Å². The van der Waals surface area contributed by atoms with Gasteiger partial charge in [-0.1, -0.05) is 0 Å². The molecule has 2 aromatic rings. The van der Waals surface area contributed by atoms with Gasteiger partial charge >= 0.3 is 0 Å². The Balaban J connectivity index is 2.01. The number of aromatic nitrogens is 1. The van der Waals surface area contributed by atoms with Gasteiger partial charge in [-0.05, 0) is 36.4 Å². The number of carbonyl (C=O) groups excluding carboxylic acids is 1. The number of hydrogen-bond donors (Lipinski definition) is 1. The van der Waals surface area contributed by atoms with Crippen molar-refractivity contribution < 1.29 is 14.6 Å².